The first-order valence-corrected chi connectivity index (χ1v) is 14.4. The van der Waals surface area contributed by atoms with E-state index in [1.54, 1.807) is 38.1 Å². The highest BCUT2D eigenvalue weighted by atomic mass is 127. The molecule has 3 amide bonds. The van der Waals surface area contributed by atoms with E-state index in [2.05, 4.69) is 43.8 Å². The third-order valence-corrected chi connectivity index (χ3v) is 6.53. The van der Waals surface area contributed by atoms with Gasteiger partial charge in [0.05, 0.1) is 47.8 Å². The van der Waals surface area contributed by atoms with E-state index in [-0.39, 0.29) is 30.6 Å². The molecule has 0 saturated carbocycles. The summed E-state index contributed by atoms with van der Waals surface area (Å²) in [5.74, 6) is 0.801. The Morgan fingerprint density at radius 2 is 1.86 bits per heavy atom. The standard InChI is InChI=1S/C29H35IN4O8/c1-7-39-23-12-18(11-20(30)27(23)42-16(3)4)14-31-34-24(35)15-41-21-10-9-19(13-22(21)38-6)26-25(28(36)40-8-2)17(5)32-29(37)33-26/h9-14,16,26H,7-8,15H2,1-6H3,(H,34,35)(H2,32,33,37)/b31-14+/t26-/m1/s1. The third kappa shape index (κ3) is 8.50. The molecule has 0 fully saturated rings. The highest BCUT2D eigenvalue weighted by molar-refractivity contribution is 14.1. The summed E-state index contributed by atoms with van der Waals surface area (Å²) >= 11 is 2.17. The van der Waals surface area contributed by atoms with Gasteiger partial charge in [-0.25, -0.2) is 15.0 Å². The fourth-order valence-corrected chi connectivity index (χ4v) is 4.79. The summed E-state index contributed by atoms with van der Waals surface area (Å²) in [6, 6.07) is 7.32. The Morgan fingerprint density at radius 3 is 2.52 bits per heavy atom. The highest BCUT2D eigenvalue weighted by Gasteiger charge is 2.32. The molecule has 1 aliphatic rings. The Kier molecular flexibility index (Phi) is 11.8. The number of carbonyl (C=O) groups is 3. The monoisotopic (exact) mass is 694 g/mol. The maximum absolute atomic E-state index is 12.6. The lowest BCUT2D eigenvalue weighted by molar-refractivity contribution is -0.139. The first kappa shape index (κ1) is 32.5. The van der Waals surface area contributed by atoms with Crippen LogP contribution in [0.3, 0.4) is 0 Å². The lowest BCUT2D eigenvalue weighted by Crippen LogP contribution is -2.45. The van der Waals surface area contributed by atoms with Crippen LogP contribution in [0.5, 0.6) is 23.0 Å². The lowest BCUT2D eigenvalue weighted by Gasteiger charge is -2.28. The molecular formula is C29H35IN4O8. The molecule has 0 unspecified atom stereocenters. The van der Waals surface area contributed by atoms with E-state index >= 15 is 0 Å². The van der Waals surface area contributed by atoms with Gasteiger partial charge in [0.25, 0.3) is 5.91 Å². The van der Waals surface area contributed by atoms with E-state index in [0.29, 0.717) is 40.7 Å². The maximum atomic E-state index is 12.6. The average Bonchev–Trinajstić information content (AvgIpc) is 2.93. The van der Waals surface area contributed by atoms with Crippen molar-refractivity contribution in [1.82, 2.24) is 16.1 Å². The number of nitrogens with one attached hydrogen (secondary N) is 3. The molecule has 0 aromatic heterocycles. The van der Waals surface area contributed by atoms with Crippen molar-refractivity contribution in [3.63, 3.8) is 0 Å². The topological polar surface area (TPSA) is 146 Å². The number of ether oxygens (including phenoxy) is 5. The molecule has 0 spiro atoms. The van der Waals surface area contributed by atoms with Gasteiger partial charge in [-0.15, -0.1) is 0 Å². The van der Waals surface area contributed by atoms with E-state index in [1.165, 1.54) is 13.3 Å². The van der Waals surface area contributed by atoms with Crippen LogP contribution in [0, 0.1) is 3.57 Å². The number of hydrogen-bond donors (Lipinski definition) is 3. The first-order chi connectivity index (χ1) is 20.1. The Morgan fingerprint density at radius 1 is 1.10 bits per heavy atom. The quantitative estimate of drug-likeness (QED) is 0.123. The van der Waals surface area contributed by atoms with Crippen LogP contribution in [0.25, 0.3) is 0 Å². The fraction of sp³-hybridized carbons (Fsp3) is 0.379. The van der Waals surface area contributed by atoms with Crippen LogP contribution in [0.2, 0.25) is 0 Å². The minimum Gasteiger partial charge on any atom is -0.493 e. The maximum Gasteiger partial charge on any atom is 0.338 e. The van der Waals surface area contributed by atoms with Gasteiger partial charge in [-0.2, -0.15) is 5.10 Å². The number of rotatable bonds is 13. The van der Waals surface area contributed by atoms with Crippen molar-refractivity contribution in [3.05, 3.63) is 56.3 Å². The van der Waals surface area contributed by atoms with Crippen molar-refractivity contribution < 1.29 is 38.1 Å². The number of benzene rings is 2. The van der Waals surface area contributed by atoms with Gasteiger partial charge in [0.1, 0.15) is 0 Å². The van der Waals surface area contributed by atoms with Gasteiger partial charge in [0.15, 0.2) is 29.6 Å². The minimum absolute atomic E-state index is 0.0140. The van der Waals surface area contributed by atoms with Crippen molar-refractivity contribution >= 4 is 46.7 Å². The molecule has 226 valence electrons. The summed E-state index contributed by atoms with van der Waals surface area (Å²) < 4.78 is 28.7. The molecule has 2 aromatic rings. The normalized spacial score (nSPS) is 14.8. The molecule has 1 atom stereocenters. The summed E-state index contributed by atoms with van der Waals surface area (Å²) in [4.78, 5) is 37.2. The molecular weight excluding hydrogens is 659 g/mol. The van der Waals surface area contributed by atoms with Gasteiger partial charge in [-0.05, 0) is 92.6 Å². The van der Waals surface area contributed by atoms with Crippen molar-refractivity contribution in [2.24, 2.45) is 5.10 Å². The van der Waals surface area contributed by atoms with Gasteiger partial charge >= 0.3 is 12.0 Å². The molecule has 1 heterocycles. The van der Waals surface area contributed by atoms with E-state index < -0.39 is 23.9 Å². The smallest absolute Gasteiger partial charge is 0.338 e. The van der Waals surface area contributed by atoms with Gasteiger partial charge in [-0.1, -0.05) is 6.07 Å². The van der Waals surface area contributed by atoms with Crippen LogP contribution in [0.1, 0.15) is 51.8 Å². The Hall–Kier alpha value is -4.01. The highest BCUT2D eigenvalue weighted by Crippen LogP contribution is 2.36. The zero-order valence-corrected chi connectivity index (χ0v) is 26.5. The number of methoxy groups -OCH3 is 1. The van der Waals surface area contributed by atoms with Crippen LogP contribution in [0.15, 0.2) is 46.7 Å². The first-order valence-electron chi connectivity index (χ1n) is 13.3. The van der Waals surface area contributed by atoms with Crippen LogP contribution in [0.4, 0.5) is 4.79 Å². The van der Waals surface area contributed by atoms with Crippen molar-refractivity contribution in [1.29, 1.82) is 0 Å². The van der Waals surface area contributed by atoms with Crippen LogP contribution in [-0.2, 0) is 14.3 Å². The average molecular weight is 695 g/mol. The number of urea groups is 1. The zero-order chi connectivity index (χ0) is 30.8. The fourth-order valence-electron chi connectivity index (χ4n) is 4.04. The Bertz CT molecular complexity index is 1380. The van der Waals surface area contributed by atoms with E-state index in [0.717, 1.165) is 3.57 Å². The molecule has 13 heteroatoms. The second-order valence-electron chi connectivity index (χ2n) is 9.21. The lowest BCUT2D eigenvalue weighted by atomic mass is 9.95. The van der Waals surface area contributed by atoms with E-state index in [1.807, 2.05) is 26.8 Å². The van der Waals surface area contributed by atoms with E-state index in [9.17, 15) is 14.4 Å². The Balaban J connectivity index is 1.68. The summed E-state index contributed by atoms with van der Waals surface area (Å²) in [6.45, 7) is 9.42. The number of esters is 1. The molecule has 3 N–H and O–H groups in total. The number of hydrazone groups is 1. The minimum atomic E-state index is -0.768. The number of allylic oxidation sites excluding steroid dienone is 1. The Labute approximate surface area is 258 Å². The number of carbonyl (C=O) groups excluding carboxylic acids is 3. The summed E-state index contributed by atoms with van der Waals surface area (Å²) in [5, 5.41) is 9.36. The third-order valence-electron chi connectivity index (χ3n) is 5.73. The van der Waals surface area contributed by atoms with Gasteiger partial charge in [0.2, 0.25) is 0 Å². The zero-order valence-electron chi connectivity index (χ0n) is 24.3. The molecule has 2 aromatic carbocycles. The van der Waals surface area contributed by atoms with Gasteiger partial charge in [-0.3, -0.25) is 4.79 Å². The summed E-state index contributed by atoms with van der Waals surface area (Å²) in [5.41, 5.74) is 4.38. The number of hydrogen-bond acceptors (Lipinski definition) is 9. The molecule has 0 radical (unpaired) electrons. The van der Waals surface area contributed by atoms with Crippen molar-refractivity contribution in [3.8, 4) is 23.0 Å². The van der Waals surface area contributed by atoms with Crippen molar-refractivity contribution in [2.45, 2.75) is 46.8 Å². The molecule has 0 saturated heterocycles. The van der Waals surface area contributed by atoms with E-state index in [4.69, 9.17) is 23.7 Å². The van der Waals surface area contributed by atoms with Crippen LogP contribution < -0.4 is 35.0 Å². The summed E-state index contributed by atoms with van der Waals surface area (Å²) in [7, 11) is 1.44. The summed E-state index contributed by atoms with van der Waals surface area (Å²) in [6.07, 6.45) is 1.49. The largest absolute Gasteiger partial charge is 0.493 e. The molecule has 0 aliphatic carbocycles. The van der Waals surface area contributed by atoms with Crippen LogP contribution in [-0.4, -0.2) is 57.2 Å². The number of halogens is 1. The molecule has 42 heavy (non-hydrogen) atoms. The number of nitrogens with zero attached hydrogens (tertiary/aromatic N) is 1. The van der Waals surface area contributed by atoms with Gasteiger partial charge < -0.3 is 34.3 Å². The molecule has 0 bridgehead atoms. The SMILES string of the molecule is CCOC(=O)C1=C(C)NC(=O)N[C@@H]1c1ccc(OCC(=O)N/N=C/c2cc(I)c(OC(C)C)c(OCC)c2)c(OC)c1. The van der Waals surface area contributed by atoms with Gasteiger partial charge in [0, 0.05) is 5.70 Å². The molecule has 3 rings (SSSR count). The second kappa shape index (κ2) is 15.3. The van der Waals surface area contributed by atoms with Crippen LogP contribution >= 0.6 is 22.6 Å². The van der Waals surface area contributed by atoms with Crippen molar-refractivity contribution in [2.75, 3.05) is 26.9 Å². The predicted octanol–water partition coefficient (Wildman–Crippen LogP) is 4.21. The predicted molar refractivity (Wildman–Crippen MR) is 164 cm³/mol. The molecule has 1 aliphatic heterocycles. The second-order valence-corrected chi connectivity index (χ2v) is 10.4. The number of amides is 3. The molecule has 12 nitrogen and oxygen atoms in total.